The molecular weight excluding hydrogens is 548 g/mol. The van der Waals surface area contributed by atoms with Crippen molar-refractivity contribution in [1.29, 1.82) is 0 Å². The van der Waals surface area contributed by atoms with Gasteiger partial charge in [0.2, 0.25) is 0 Å². The van der Waals surface area contributed by atoms with E-state index in [0.717, 1.165) is 22.3 Å². The lowest BCUT2D eigenvalue weighted by atomic mass is 9.88. The second-order valence-electron chi connectivity index (χ2n) is 10.6. The Morgan fingerprint density at radius 3 is 2.33 bits per heavy atom. The summed E-state index contributed by atoms with van der Waals surface area (Å²) < 4.78 is 22.5. The number of benzene rings is 3. The van der Waals surface area contributed by atoms with Gasteiger partial charge in [0.25, 0.3) is 0 Å². The van der Waals surface area contributed by atoms with Crippen LogP contribution in [0.2, 0.25) is 0 Å². The van der Waals surface area contributed by atoms with Crippen molar-refractivity contribution in [3.63, 3.8) is 0 Å². The second kappa shape index (κ2) is 15.0. The van der Waals surface area contributed by atoms with Gasteiger partial charge in [-0.25, -0.2) is 0 Å². The summed E-state index contributed by atoms with van der Waals surface area (Å²) in [6.45, 7) is 1.36. The number of fused-ring (bicyclic) bond motifs is 1. The predicted octanol–water partition coefficient (Wildman–Crippen LogP) is 5.65. The van der Waals surface area contributed by atoms with Crippen LogP contribution in [0.5, 0.6) is 23.0 Å². The molecule has 1 aliphatic rings. The number of phenols is 2. The van der Waals surface area contributed by atoms with Crippen LogP contribution in [0.1, 0.15) is 60.8 Å². The molecule has 4 rings (SSSR count). The standard InChI is InChI=1S/C35H38O8/c1-23(36)42-29-15-13-27-21-34(41-3)32(38)19-26(27)11-7-10-25(28-14-16-31(37)33(20-28)40-2)18-30(22-29)43-35(39)17-12-24-8-5-4-6-9-24/h4-6,8-9,14,16,19-21,25,29-30,37-38H,11-13,15,17-18,22H2,1-3H3/t25-,29-,30+/m1/s1. The van der Waals surface area contributed by atoms with Crippen LogP contribution in [-0.2, 0) is 38.3 Å². The Kier molecular flexibility index (Phi) is 10.9. The third-order valence-corrected chi connectivity index (χ3v) is 7.51. The van der Waals surface area contributed by atoms with E-state index in [4.69, 9.17) is 18.9 Å². The summed E-state index contributed by atoms with van der Waals surface area (Å²) in [4.78, 5) is 25.2. The van der Waals surface area contributed by atoms with Crippen molar-refractivity contribution in [2.45, 2.75) is 70.0 Å². The van der Waals surface area contributed by atoms with Gasteiger partial charge in [-0.3, -0.25) is 9.59 Å². The molecule has 1 aliphatic carbocycles. The lowest BCUT2D eigenvalue weighted by Crippen LogP contribution is -2.29. The minimum Gasteiger partial charge on any atom is -0.504 e. The van der Waals surface area contributed by atoms with Crippen LogP contribution in [0.3, 0.4) is 0 Å². The number of esters is 2. The summed E-state index contributed by atoms with van der Waals surface area (Å²) in [7, 11) is 2.97. The summed E-state index contributed by atoms with van der Waals surface area (Å²) in [5.41, 5.74) is 3.59. The van der Waals surface area contributed by atoms with E-state index >= 15 is 0 Å². The van der Waals surface area contributed by atoms with Gasteiger partial charge in [0.05, 0.1) is 14.2 Å². The van der Waals surface area contributed by atoms with Crippen molar-refractivity contribution >= 4 is 11.9 Å². The number of rotatable bonds is 8. The first-order valence-electron chi connectivity index (χ1n) is 14.4. The van der Waals surface area contributed by atoms with Crippen LogP contribution in [0.25, 0.3) is 0 Å². The van der Waals surface area contributed by atoms with Crippen molar-refractivity contribution < 1.29 is 38.7 Å². The normalized spacial score (nSPS) is 18.4. The molecule has 0 bridgehead atoms. The molecule has 0 heterocycles. The lowest BCUT2D eigenvalue weighted by Gasteiger charge is -2.27. The highest BCUT2D eigenvalue weighted by Crippen LogP contribution is 2.34. The highest BCUT2D eigenvalue weighted by molar-refractivity contribution is 5.70. The molecule has 0 aromatic heterocycles. The lowest BCUT2D eigenvalue weighted by molar-refractivity contribution is -0.154. The molecule has 43 heavy (non-hydrogen) atoms. The van der Waals surface area contributed by atoms with E-state index in [1.807, 2.05) is 30.3 Å². The van der Waals surface area contributed by atoms with Gasteiger partial charge in [-0.15, -0.1) is 0 Å². The van der Waals surface area contributed by atoms with Crippen LogP contribution >= 0.6 is 0 Å². The molecule has 0 aliphatic heterocycles. The highest BCUT2D eigenvalue weighted by atomic mass is 16.6. The zero-order chi connectivity index (χ0) is 30.8. The fraction of sp³-hybridized carbons (Fsp3) is 0.371. The van der Waals surface area contributed by atoms with Crippen molar-refractivity contribution in [1.82, 2.24) is 0 Å². The zero-order valence-corrected chi connectivity index (χ0v) is 24.8. The van der Waals surface area contributed by atoms with Crippen molar-refractivity contribution in [2.75, 3.05) is 14.2 Å². The van der Waals surface area contributed by atoms with Crippen LogP contribution in [0.15, 0.2) is 60.7 Å². The van der Waals surface area contributed by atoms with Crippen LogP contribution < -0.4 is 9.47 Å². The molecule has 8 heteroatoms. The molecule has 0 radical (unpaired) electrons. The summed E-state index contributed by atoms with van der Waals surface area (Å²) in [6, 6.07) is 18.2. The van der Waals surface area contributed by atoms with E-state index < -0.39 is 24.1 Å². The third-order valence-electron chi connectivity index (χ3n) is 7.51. The Hall–Kier alpha value is -4.64. The highest BCUT2D eigenvalue weighted by Gasteiger charge is 2.27. The Labute approximate surface area is 252 Å². The number of methoxy groups -OCH3 is 2. The molecule has 0 saturated heterocycles. The minimum atomic E-state index is -0.597. The average Bonchev–Trinajstić information content (AvgIpc) is 2.98. The number of carbonyl (C=O) groups excluding carboxylic acids is 2. The Morgan fingerprint density at radius 1 is 0.860 bits per heavy atom. The maximum absolute atomic E-state index is 13.1. The maximum atomic E-state index is 13.1. The molecule has 226 valence electrons. The number of ether oxygens (including phenoxy) is 4. The van der Waals surface area contributed by atoms with Crippen molar-refractivity contribution in [3.8, 4) is 34.8 Å². The Balaban J connectivity index is 1.69. The van der Waals surface area contributed by atoms with Crippen molar-refractivity contribution in [2.24, 2.45) is 0 Å². The van der Waals surface area contributed by atoms with Gasteiger partial charge in [0.1, 0.15) is 12.2 Å². The van der Waals surface area contributed by atoms with E-state index in [-0.39, 0.29) is 30.3 Å². The molecule has 3 atom stereocenters. The van der Waals surface area contributed by atoms with Gasteiger partial charge in [-0.2, -0.15) is 0 Å². The second-order valence-corrected chi connectivity index (χ2v) is 10.6. The van der Waals surface area contributed by atoms with E-state index in [2.05, 4.69) is 11.8 Å². The molecule has 0 amide bonds. The van der Waals surface area contributed by atoms with E-state index in [1.54, 1.807) is 30.3 Å². The van der Waals surface area contributed by atoms with Gasteiger partial charge in [-0.1, -0.05) is 48.2 Å². The largest absolute Gasteiger partial charge is 0.504 e. The monoisotopic (exact) mass is 586 g/mol. The minimum absolute atomic E-state index is 0.00419. The summed E-state index contributed by atoms with van der Waals surface area (Å²) in [5.74, 6) is 6.11. The first-order valence-corrected chi connectivity index (χ1v) is 14.4. The Bertz CT molecular complexity index is 1470. The number of hydrogen-bond acceptors (Lipinski definition) is 8. The van der Waals surface area contributed by atoms with Gasteiger partial charge in [0, 0.05) is 38.5 Å². The molecule has 0 unspecified atom stereocenters. The quantitative estimate of drug-likeness (QED) is 0.257. The predicted molar refractivity (Wildman–Crippen MR) is 161 cm³/mol. The Morgan fingerprint density at radius 2 is 1.60 bits per heavy atom. The van der Waals surface area contributed by atoms with Gasteiger partial charge >= 0.3 is 11.9 Å². The summed E-state index contributed by atoms with van der Waals surface area (Å²) in [6.07, 6.45) is 1.63. The molecular formula is C35H38O8. The molecule has 0 spiro atoms. The fourth-order valence-electron chi connectivity index (χ4n) is 5.33. The number of carbonyl (C=O) groups is 2. The first-order chi connectivity index (χ1) is 20.7. The third kappa shape index (κ3) is 8.92. The van der Waals surface area contributed by atoms with E-state index in [1.165, 1.54) is 21.1 Å². The smallest absolute Gasteiger partial charge is 0.306 e. The van der Waals surface area contributed by atoms with Crippen LogP contribution in [0, 0.1) is 11.8 Å². The topological polar surface area (TPSA) is 112 Å². The molecule has 0 saturated carbocycles. The molecule has 3 aromatic rings. The van der Waals surface area contributed by atoms with Crippen molar-refractivity contribution in [3.05, 3.63) is 82.9 Å². The number of aromatic hydroxyl groups is 2. The zero-order valence-electron chi connectivity index (χ0n) is 24.8. The number of phenolic OH excluding ortho intramolecular Hbond substituents is 2. The number of aryl methyl sites for hydroxylation is 2. The van der Waals surface area contributed by atoms with Crippen LogP contribution in [-0.4, -0.2) is 48.6 Å². The number of hydrogen-bond donors (Lipinski definition) is 2. The fourth-order valence-corrected chi connectivity index (χ4v) is 5.33. The molecule has 8 nitrogen and oxygen atoms in total. The van der Waals surface area contributed by atoms with Gasteiger partial charge in [0.15, 0.2) is 23.0 Å². The van der Waals surface area contributed by atoms with Crippen LogP contribution in [0.4, 0.5) is 0 Å². The SMILES string of the molecule is COc1cc([C@@H]2C#CCc3cc(O)c(OC)cc3CC[C@@H](OC(C)=O)C[C@@H](OC(=O)CCc3ccccc3)C2)ccc1O. The first kappa shape index (κ1) is 31.3. The molecule has 3 aromatic carbocycles. The molecule has 2 N–H and O–H groups in total. The molecule has 0 fully saturated rings. The van der Waals surface area contributed by atoms with E-state index in [9.17, 15) is 19.8 Å². The van der Waals surface area contributed by atoms with E-state index in [0.29, 0.717) is 43.6 Å². The van der Waals surface area contributed by atoms with Gasteiger partial charge in [-0.05, 0) is 65.8 Å². The average molecular weight is 587 g/mol. The summed E-state index contributed by atoms with van der Waals surface area (Å²) >= 11 is 0. The summed E-state index contributed by atoms with van der Waals surface area (Å²) in [5, 5.41) is 20.6. The van der Waals surface area contributed by atoms with Gasteiger partial charge < -0.3 is 29.2 Å². The maximum Gasteiger partial charge on any atom is 0.306 e.